The number of nitrogens with zero attached hydrogens (tertiary/aromatic N) is 4. The number of methoxy groups -OCH3 is 2. The van der Waals surface area contributed by atoms with Gasteiger partial charge in [-0.1, -0.05) is 11.8 Å². The van der Waals surface area contributed by atoms with Gasteiger partial charge in [0.2, 0.25) is 5.16 Å². The Hall–Kier alpha value is -2.09. The fraction of sp³-hybridized carbons (Fsp3) is 0.333. The summed E-state index contributed by atoms with van der Waals surface area (Å²) in [5, 5.41) is 11.6. The largest absolute Gasteiger partial charge is 0.497 e. The number of ether oxygens (including phenoxy) is 2. The predicted octanol–water partition coefficient (Wildman–Crippen LogP) is 1.32. The van der Waals surface area contributed by atoms with Crippen LogP contribution >= 0.6 is 11.8 Å². The van der Waals surface area contributed by atoms with Crippen molar-refractivity contribution >= 4 is 17.7 Å². The number of aromatic nitrogens is 4. The van der Waals surface area contributed by atoms with Crippen LogP contribution in [0, 0.1) is 0 Å². The van der Waals surface area contributed by atoms with Crippen molar-refractivity contribution < 1.29 is 14.3 Å². The van der Waals surface area contributed by atoms with Crippen LogP contribution in [-0.2, 0) is 9.53 Å². The van der Waals surface area contributed by atoms with E-state index < -0.39 is 0 Å². The van der Waals surface area contributed by atoms with Crippen LogP contribution in [0.3, 0.4) is 0 Å². The van der Waals surface area contributed by atoms with Crippen LogP contribution in [0.5, 0.6) is 5.75 Å². The van der Waals surface area contributed by atoms with Crippen LogP contribution in [0.15, 0.2) is 29.4 Å². The normalized spacial score (nSPS) is 11.9. The molecule has 0 unspecified atom stereocenters. The van der Waals surface area contributed by atoms with Crippen molar-refractivity contribution in [1.82, 2.24) is 20.2 Å². The summed E-state index contributed by atoms with van der Waals surface area (Å²) in [6.07, 6.45) is 0. The molecule has 0 bridgehead atoms. The lowest BCUT2D eigenvalue weighted by atomic mass is 10.3. The number of thioether (sulfide) groups is 1. The zero-order valence-corrected chi connectivity index (χ0v) is 12.1. The van der Waals surface area contributed by atoms with E-state index in [2.05, 4.69) is 20.3 Å². The van der Waals surface area contributed by atoms with Crippen LogP contribution in [0.4, 0.5) is 0 Å². The van der Waals surface area contributed by atoms with Gasteiger partial charge in [-0.15, -0.1) is 5.10 Å². The molecule has 0 spiro atoms. The van der Waals surface area contributed by atoms with Gasteiger partial charge in [0.25, 0.3) is 0 Å². The van der Waals surface area contributed by atoms with Crippen LogP contribution in [0.25, 0.3) is 5.69 Å². The second-order valence-electron chi connectivity index (χ2n) is 3.85. The van der Waals surface area contributed by atoms with E-state index >= 15 is 0 Å². The average molecular weight is 294 g/mol. The van der Waals surface area contributed by atoms with Gasteiger partial charge >= 0.3 is 5.97 Å². The molecule has 106 valence electrons. The maximum atomic E-state index is 11.4. The molecule has 7 nitrogen and oxygen atoms in total. The molecule has 1 atom stereocenters. The quantitative estimate of drug-likeness (QED) is 0.608. The molecule has 0 radical (unpaired) electrons. The summed E-state index contributed by atoms with van der Waals surface area (Å²) < 4.78 is 11.3. The molecule has 0 saturated heterocycles. The third kappa shape index (κ3) is 3.08. The third-order valence-corrected chi connectivity index (χ3v) is 3.58. The van der Waals surface area contributed by atoms with E-state index in [9.17, 15) is 4.79 Å². The molecule has 1 aromatic heterocycles. The second kappa shape index (κ2) is 6.38. The van der Waals surface area contributed by atoms with Crippen molar-refractivity contribution in [3.63, 3.8) is 0 Å². The Balaban J connectivity index is 2.21. The minimum atomic E-state index is -0.386. The number of esters is 1. The number of benzene rings is 1. The summed E-state index contributed by atoms with van der Waals surface area (Å²) in [6, 6.07) is 7.30. The molecule has 20 heavy (non-hydrogen) atoms. The van der Waals surface area contributed by atoms with E-state index in [1.807, 2.05) is 24.3 Å². The third-order valence-electron chi connectivity index (χ3n) is 2.57. The van der Waals surface area contributed by atoms with Gasteiger partial charge < -0.3 is 9.47 Å². The first kappa shape index (κ1) is 14.3. The summed E-state index contributed by atoms with van der Waals surface area (Å²) in [5.41, 5.74) is 0.787. The zero-order valence-electron chi connectivity index (χ0n) is 11.3. The standard InChI is InChI=1S/C12H14N4O3S/c1-8(11(17)19-3)20-12-13-14-15-16(12)9-4-6-10(18-2)7-5-9/h4-8H,1-3H3/t8-/m1/s1. The Labute approximate surface area is 120 Å². The number of rotatable bonds is 5. The molecule has 1 heterocycles. The highest BCUT2D eigenvalue weighted by molar-refractivity contribution is 8.00. The zero-order chi connectivity index (χ0) is 14.5. The predicted molar refractivity (Wildman–Crippen MR) is 73.0 cm³/mol. The van der Waals surface area contributed by atoms with Crippen molar-refractivity contribution in [3.8, 4) is 11.4 Å². The number of carbonyl (C=O) groups is 1. The highest BCUT2D eigenvalue weighted by Crippen LogP contribution is 2.24. The van der Waals surface area contributed by atoms with E-state index in [1.165, 1.54) is 18.9 Å². The van der Waals surface area contributed by atoms with Gasteiger partial charge in [0.15, 0.2) is 0 Å². The first-order chi connectivity index (χ1) is 9.65. The first-order valence-corrected chi connectivity index (χ1v) is 6.71. The number of tetrazole rings is 1. The lowest BCUT2D eigenvalue weighted by Gasteiger charge is -2.09. The highest BCUT2D eigenvalue weighted by Gasteiger charge is 2.19. The molecule has 0 fully saturated rings. The minimum absolute atomic E-state index is 0.320. The van der Waals surface area contributed by atoms with Gasteiger partial charge in [0, 0.05) is 0 Å². The summed E-state index contributed by atoms with van der Waals surface area (Å²) in [6.45, 7) is 1.74. The SMILES string of the molecule is COC(=O)[C@@H](C)Sc1nnnn1-c1ccc(OC)cc1. The van der Waals surface area contributed by atoms with Crippen molar-refractivity contribution in [2.45, 2.75) is 17.3 Å². The van der Waals surface area contributed by atoms with Crippen molar-refractivity contribution in [3.05, 3.63) is 24.3 Å². The Kier molecular flexibility index (Phi) is 4.57. The van der Waals surface area contributed by atoms with Gasteiger partial charge in [-0.05, 0) is 41.6 Å². The van der Waals surface area contributed by atoms with Crippen molar-refractivity contribution in [1.29, 1.82) is 0 Å². The second-order valence-corrected chi connectivity index (χ2v) is 5.16. The molecule has 0 saturated carbocycles. The van der Waals surface area contributed by atoms with Crippen LogP contribution in [0.2, 0.25) is 0 Å². The molecule has 0 aliphatic heterocycles. The lowest BCUT2D eigenvalue weighted by Crippen LogP contribution is -2.15. The van der Waals surface area contributed by atoms with Crippen molar-refractivity contribution in [2.24, 2.45) is 0 Å². The Morgan fingerprint density at radius 1 is 1.30 bits per heavy atom. The van der Waals surface area contributed by atoms with Gasteiger partial charge in [-0.2, -0.15) is 4.68 Å². The molecular weight excluding hydrogens is 280 g/mol. The van der Waals surface area contributed by atoms with E-state index in [0.717, 1.165) is 11.4 Å². The summed E-state index contributed by atoms with van der Waals surface area (Å²) >= 11 is 1.24. The Morgan fingerprint density at radius 3 is 2.60 bits per heavy atom. The number of carbonyl (C=O) groups excluding carboxylic acids is 1. The van der Waals surface area contributed by atoms with Gasteiger partial charge in [-0.25, -0.2) is 0 Å². The van der Waals surface area contributed by atoms with Gasteiger partial charge in [-0.3, -0.25) is 4.79 Å². The molecule has 2 rings (SSSR count). The van der Waals surface area contributed by atoms with E-state index in [4.69, 9.17) is 4.74 Å². The van der Waals surface area contributed by atoms with Gasteiger partial charge in [0.1, 0.15) is 11.0 Å². The fourth-order valence-corrected chi connectivity index (χ4v) is 2.34. The lowest BCUT2D eigenvalue weighted by molar-refractivity contribution is -0.139. The molecule has 8 heteroatoms. The molecule has 0 N–H and O–H groups in total. The van der Waals surface area contributed by atoms with E-state index in [1.54, 1.807) is 18.7 Å². The van der Waals surface area contributed by atoms with Gasteiger partial charge in [0.05, 0.1) is 19.9 Å². The molecule has 2 aromatic rings. The van der Waals surface area contributed by atoms with Crippen molar-refractivity contribution in [2.75, 3.05) is 14.2 Å². The number of hydrogen-bond acceptors (Lipinski definition) is 7. The first-order valence-electron chi connectivity index (χ1n) is 5.83. The monoisotopic (exact) mass is 294 g/mol. The Morgan fingerprint density at radius 2 is 2.00 bits per heavy atom. The molecule has 0 amide bonds. The fourth-order valence-electron chi connectivity index (χ4n) is 1.51. The van der Waals surface area contributed by atoms with Crippen LogP contribution in [-0.4, -0.2) is 45.6 Å². The summed E-state index contributed by atoms with van der Waals surface area (Å²) in [7, 11) is 2.96. The molecule has 0 aliphatic rings. The maximum absolute atomic E-state index is 11.4. The molecular formula is C12H14N4O3S. The summed E-state index contributed by atoms with van der Waals surface area (Å²) in [5.74, 6) is 0.429. The maximum Gasteiger partial charge on any atom is 0.318 e. The molecule has 1 aromatic carbocycles. The van der Waals surface area contributed by atoms with Crippen LogP contribution < -0.4 is 4.74 Å². The smallest absolute Gasteiger partial charge is 0.318 e. The summed E-state index contributed by atoms with van der Waals surface area (Å²) in [4.78, 5) is 11.4. The molecule has 0 aliphatic carbocycles. The van der Waals surface area contributed by atoms with Crippen LogP contribution in [0.1, 0.15) is 6.92 Å². The average Bonchev–Trinajstić information content (AvgIpc) is 2.94. The van der Waals surface area contributed by atoms with E-state index in [0.29, 0.717) is 5.16 Å². The van der Waals surface area contributed by atoms with E-state index in [-0.39, 0.29) is 11.2 Å². The topological polar surface area (TPSA) is 79.1 Å². The minimum Gasteiger partial charge on any atom is -0.497 e. The highest BCUT2D eigenvalue weighted by atomic mass is 32.2. The Bertz CT molecular complexity index is 585. The number of hydrogen-bond donors (Lipinski definition) is 0.